The van der Waals surface area contributed by atoms with E-state index in [2.05, 4.69) is 0 Å². The number of rotatable bonds is 3. The van der Waals surface area contributed by atoms with Crippen LogP contribution >= 0.6 is 0 Å². The smallest absolute Gasteiger partial charge is 0.318 e. The van der Waals surface area contributed by atoms with Crippen molar-refractivity contribution in [2.75, 3.05) is 11.9 Å². The summed E-state index contributed by atoms with van der Waals surface area (Å²) >= 11 is 0. The summed E-state index contributed by atoms with van der Waals surface area (Å²) in [6.45, 7) is 3.65. The zero-order valence-electron chi connectivity index (χ0n) is 15.8. The number of likely N-dealkylation sites (N-methyl/N-ethyl adjacent to an activating group) is 1. The molecule has 1 fully saturated rings. The number of urea groups is 1. The third kappa shape index (κ3) is 2.49. The third-order valence-electron chi connectivity index (χ3n) is 5.24. The maximum Gasteiger partial charge on any atom is 0.447 e. The first kappa shape index (κ1) is 17.8. The Morgan fingerprint density at radius 3 is 1.96 bits per heavy atom. The fraction of sp³-hybridized carbons (Fsp3) is 0.250. The molecule has 144 valence electrons. The van der Waals surface area contributed by atoms with Gasteiger partial charge in [0.15, 0.2) is 6.17 Å². The maximum absolute atomic E-state index is 13.1. The van der Waals surface area contributed by atoms with Crippen molar-refractivity contribution >= 4 is 11.7 Å². The molecule has 8 heteroatoms. The highest BCUT2D eigenvalue weighted by atomic mass is 16.5. The highest BCUT2D eigenvalue weighted by molar-refractivity contribution is 5.95. The Labute approximate surface area is 160 Å². The van der Waals surface area contributed by atoms with Crippen LogP contribution in [0.5, 0.6) is 0 Å². The minimum absolute atomic E-state index is 0.289. The van der Waals surface area contributed by atoms with Gasteiger partial charge in [-0.2, -0.15) is 4.57 Å². The highest BCUT2D eigenvalue weighted by Gasteiger charge is 2.53. The summed E-state index contributed by atoms with van der Waals surface area (Å²) in [7, 11) is 1.66. The van der Waals surface area contributed by atoms with E-state index in [1.54, 1.807) is 61.6 Å². The predicted octanol–water partition coefficient (Wildman–Crippen LogP) is 2.44. The molecule has 8 nitrogen and oxygen atoms in total. The molecule has 0 saturated carbocycles. The molecule has 2 aromatic carbocycles. The largest absolute Gasteiger partial charge is 0.447 e. The Morgan fingerprint density at radius 1 is 0.857 bits per heavy atom. The number of carbonyl (C=O) groups excluding carboxylic acids is 1. The quantitative estimate of drug-likeness (QED) is 0.699. The molecule has 1 aliphatic rings. The van der Waals surface area contributed by atoms with Gasteiger partial charge in [-0.05, 0) is 38.1 Å². The Balaban J connectivity index is 1.93. The minimum Gasteiger partial charge on any atom is -0.318 e. The van der Waals surface area contributed by atoms with Crippen molar-refractivity contribution in [3.05, 3.63) is 81.7 Å². The molecule has 2 amide bonds. The van der Waals surface area contributed by atoms with Crippen LogP contribution in [0.15, 0.2) is 74.8 Å². The second-order valence-electron chi connectivity index (χ2n) is 7.21. The Morgan fingerprint density at radius 2 is 1.39 bits per heavy atom. The lowest BCUT2D eigenvalue weighted by Gasteiger charge is -2.31. The van der Waals surface area contributed by atoms with Crippen LogP contribution < -0.4 is 16.3 Å². The molecule has 1 aromatic heterocycles. The van der Waals surface area contributed by atoms with Crippen molar-refractivity contribution < 1.29 is 9.32 Å². The standard InChI is InChI=1S/C20H20N4O4/c1-20(2)16(22(17(25)21(20)3)14-10-6-4-7-11-14)24-18(26)23(19(27)28-24)15-12-8-5-9-13-15/h4-13,16H,1-3H3. The number of carbonyl (C=O) groups is 1. The van der Waals surface area contributed by atoms with E-state index in [1.807, 2.05) is 19.9 Å². The summed E-state index contributed by atoms with van der Waals surface area (Å²) in [4.78, 5) is 41.6. The lowest BCUT2D eigenvalue weighted by molar-refractivity contribution is 0.110. The average molecular weight is 380 g/mol. The first-order chi connectivity index (χ1) is 13.3. The van der Waals surface area contributed by atoms with Gasteiger partial charge in [0.05, 0.1) is 11.2 Å². The fourth-order valence-corrected chi connectivity index (χ4v) is 3.52. The number of benzene rings is 2. The van der Waals surface area contributed by atoms with Crippen molar-refractivity contribution in [3.8, 4) is 5.69 Å². The molecule has 4 rings (SSSR count). The normalized spacial score (nSPS) is 18.7. The number of para-hydroxylation sites is 2. The predicted molar refractivity (Wildman–Crippen MR) is 104 cm³/mol. The molecule has 1 atom stereocenters. The lowest BCUT2D eigenvalue weighted by Crippen LogP contribution is -2.45. The van der Waals surface area contributed by atoms with Gasteiger partial charge in [0, 0.05) is 12.7 Å². The Kier molecular flexibility index (Phi) is 3.99. The molecule has 28 heavy (non-hydrogen) atoms. The molecule has 1 unspecified atom stereocenters. The van der Waals surface area contributed by atoms with E-state index < -0.39 is 23.2 Å². The molecule has 1 aliphatic heterocycles. The van der Waals surface area contributed by atoms with Crippen LogP contribution in [-0.4, -0.2) is 32.8 Å². The van der Waals surface area contributed by atoms with Crippen LogP contribution in [0.1, 0.15) is 20.0 Å². The average Bonchev–Trinajstić information content (AvgIpc) is 3.08. The van der Waals surface area contributed by atoms with E-state index in [0.717, 1.165) is 9.31 Å². The second kappa shape index (κ2) is 6.26. The maximum atomic E-state index is 13.1. The Bertz CT molecular complexity index is 1130. The number of hydrogen-bond acceptors (Lipinski definition) is 4. The molecule has 0 bridgehead atoms. The molecule has 0 radical (unpaired) electrons. The van der Waals surface area contributed by atoms with Crippen molar-refractivity contribution in [2.24, 2.45) is 0 Å². The molecular weight excluding hydrogens is 360 g/mol. The van der Waals surface area contributed by atoms with Gasteiger partial charge < -0.3 is 9.42 Å². The topological polar surface area (TPSA) is 80.7 Å². The van der Waals surface area contributed by atoms with E-state index >= 15 is 0 Å². The van der Waals surface area contributed by atoms with E-state index in [4.69, 9.17) is 4.52 Å². The van der Waals surface area contributed by atoms with Gasteiger partial charge in [-0.25, -0.2) is 14.4 Å². The van der Waals surface area contributed by atoms with Crippen LogP contribution in [0.4, 0.5) is 10.5 Å². The van der Waals surface area contributed by atoms with Crippen LogP contribution in [-0.2, 0) is 0 Å². The number of nitrogens with zero attached hydrogens (tertiary/aromatic N) is 4. The van der Waals surface area contributed by atoms with Gasteiger partial charge in [-0.3, -0.25) is 4.90 Å². The summed E-state index contributed by atoms with van der Waals surface area (Å²) < 4.78 is 7.31. The van der Waals surface area contributed by atoms with Crippen molar-refractivity contribution in [1.82, 2.24) is 14.2 Å². The van der Waals surface area contributed by atoms with Crippen LogP contribution in [0.3, 0.4) is 0 Å². The van der Waals surface area contributed by atoms with Gasteiger partial charge in [0.1, 0.15) is 0 Å². The Hall–Kier alpha value is -3.55. The zero-order chi connectivity index (χ0) is 20.1. The zero-order valence-corrected chi connectivity index (χ0v) is 15.8. The van der Waals surface area contributed by atoms with Gasteiger partial charge in [0.2, 0.25) is 0 Å². The second-order valence-corrected chi connectivity index (χ2v) is 7.21. The SMILES string of the molecule is CN1C(=O)N(c2ccccc2)C(n2oc(=O)n(-c3ccccc3)c2=O)C1(C)C. The van der Waals surface area contributed by atoms with Gasteiger partial charge in [-0.15, -0.1) is 4.74 Å². The molecule has 2 heterocycles. The number of hydrogen-bond donors (Lipinski definition) is 0. The first-order valence-electron chi connectivity index (χ1n) is 8.86. The lowest BCUT2D eigenvalue weighted by atomic mass is 10.0. The summed E-state index contributed by atoms with van der Waals surface area (Å²) in [6.07, 6.45) is -0.836. The molecule has 0 N–H and O–H groups in total. The molecule has 1 saturated heterocycles. The van der Waals surface area contributed by atoms with Gasteiger partial charge >= 0.3 is 17.5 Å². The van der Waals surface area contributed by atoms with Crippen molar-refractivity contribution in [2.45, 2.75) is 25.6 Å². The van der Waals surface area contributed by atoms with E-state index in [0.29, 0.717) is 11.4 Å². The van der Waals surface area contributed by atoms with E-state index in [1.165, 1.54) is 9.80 Å². The van der Waals surface area contributed by atoms with Gasteiger partial charge in [0.25, 0.3) is 0 Å². The molecule has 0 aliphatic carbocycles. The number of anilines is 1. The third-order valence-corrected chi connectivity index (χ3v) is 5.24. The molecule has 3 aromatic rings. The monoisotopic (exact) mass is 380 g/mol. The van der Waals surface area contributed by atoms with Crippen LogP contribution in [0.25, 0.3) is 5.69 Å². The van der Waals surface area contributed by atoms with Crippen molar-refractivity contribution in [1.29, 1.82) is 0 Å². The summed E-state index contributed by atoms with van der Waals surface area (Å²) in [5, 5.41) is 0. The molecule has 0 spiro atoms. The van der Waals surface area contributed by atoms with E-state index in [-0.39, 0.29) is 6.03 Å². The number of amides is 2. The van der Waals surface area contributed by atoms with Crippen molar-refractivity contribution in [3.63, 3.8) is 0 Å². The van der Waals surface area contributed by atoms with Crippen LogP contribution in [0, 0.1) is 0 Å². The summed E-state index contributed by atoms with van der Waals surface area (Å²) in [5.74, 6) is -0.804. The van der Waals surface area contributed by atoms with Gasteiger partial charge in [-0.1, -0.05) is 36.4 Å². The van der Waals surface area contributed by atoms with E-state index in [9.17, 15) is 14.4 Å². The fourth-order valence-electron chi connectivity index (χ4n) is 3.52. The minimum atomic E-state index is -0.836. The van der Waals surface area contributed by atoms with Crippen LogP contribution in [0.2, 0.25) is 0 Å². The molecular formula is C20H20N4O4. The summed E-state index contributed by atoms with van der Waals surface area (Å²) in [5.41, 5.74) is -0.438. The highest BCUT2D eigenvalue weighted by Crippen LogP contribution is 2.40. The first-order valence-corrected chi connectivity index (χ1v) is 8.86. The number of aromatic nitrogens is 2. The summed E-state index contributed by atoms with van der Waals surface area (Å²) in [6, 6.07) is 17.3.